The minimum Gasteiger partial charge on any atom is -0.316 e. The second-order valence-corrected chi connectivity index (χ2v) is 9.55. The van der Waals surface area contributed by atoms with E-state index in [1.54, 1.807) is 0 Å². The van der Waals surface area contributed by atoms with E-state index in [9.17, 15) is 14.9 Å². The molecule has 0 bridgehead atoms. The van der Waals surface area contributed by atoms with E-state index in [1.807, 2.05) is 97.2 Å². The van der Waals surface area contributed by atoms with Crippen LogP contribution in [-0.4, -0.2) is 21.7 Å². The summed E-state index contributed by atoms with van der Waals surface area (Å²) in [5.74, 6) is -0.413. The number of ketones is 1. The minimum atomic E-state index is -0.505. The van der Waals surface area contributed by atoms with Gasteiger partial charge in [0.05, 0.1) is 17.1 Å². The summed E-state index contributed by atoms with van der Waals surface area (Å²) in [6.45, 7) is 1.81. The van der Waals surface area contributed by atoms with Gasteiger partial charge in [-0.3, -0.25) is 14.9 Å². The van der Waals surface area contributed by atoms with Crippen LogP contribution in [0.3, 0.4) is 0 Å². The molecule has 0 fully saturated rings. The number of fused-ring (bicyclic) bond motifs is 1. The maximum absolute atomic E-state index is 13.1. The molecule has 0 spiro atoms. The highest BCUT2D eigenvalue weighted by Gasteiger charge is 2.31. The monoisotopic (exact) mass is 502 g/mol. The maximum atomic E-state index is 13.1. The van der Waals surface area contributed by atoms with Gasteiger partial charge in [-0.2, -0.15) is 0 Å². The third kappa shape index (κ3) is 5.00. The van der Waals surface area contributed by atoms with Crippen LogP contribution in [0.15, 0.2) is 109 Å². The van der Waals surface area contributed by atoms with E-state index in [-0.39, 0.29) is 17.3 Å². The number of benzene rings is 3. The summed E-state index contributed by atoms with van der Waals surface area (Å²) in [6, 6.07) is 33.6. The Hall–Kier alpha value is -4.51. The zero-order valence-electron chi connectivity index (χ0n) is 21.4. The van der Waals surface area contributed by atoms with Gasteiger partial charge in [0.2, 0.25) is 6.54 Å². The second-order valence-electron chi connectivity index (χ2n) is 9.55. The van der Waals surface area contributed by atoms with E-state index in [4.69, 9.17) is 0 Å². The fraction of sp³-hybridized carbons (Fsp3) is 0.182. The molecule has 0 saturated carbocycles. The molecule has 5 aromatic rings. The quantitative estimate of drug-likeness (QED) is 0.110. The van der Waals surface area contributed by atoms with Crippen molar-refractivity contribution in [3.8, 4) is 22.4 Å². The molecule has 0 aliphatic carbocycles. The van der Waals surface area contributed by atoms with Crippen molar-refractivity contribution in [1.29, 1.82) is 0 Å². The van der Waals surface area contributed by atoms with Crippen LogP contribution in [-0.2, 0) is 0 Å². The number of rotatable bonds is 10. The number of nitro groups is 1. The van der Waals surface area contributed by atoms with E-state index in [1.165, 1.54) is 0 Å². The molecule has 0 saturated heterocycles. The zero-order chi connectivity index (χ0) is 26.5. The van der Waals surface area contributed by atoms with Gasteiger partial charge >= 0.3 is 0 Å². The normalized spacial score (nSPS) is 11.9. The average molecular weight is 503 g/mol. The molecule has 5 rings (SSSR count). The molecule has 1 atom stereocenters. The number of Topliss-reactive ketones (excluding diaryl/α,β-unsaturated/α-hetero) is 1. The van der Waals surface area contributed by atoms with Crippen molar-refractivity contribution in [2.45, 2.75) is 32.1 Å². The van der Waals surface area contributed by atoms with Crippen molar-refractivity contribution in [2.75, 3.05) is 6.54 Å². The SMILES string of the molecule is CCCCC(=O)c1ccn2c(-c3ccccc3)c(-c3ccccc3)c(C(C[N+](=O)[O-])c3ccccc3)c2c1. The van der Waals surface area contributed by atoms with Crippen molar-refractivity contribution >= 4 is 11.3 Å². The highest BCUT2D eigenvalue weighted by Crippen LogP contribution is 2.45. The van der Waals surface area contributed by atoms with Crippen LogP contribution in [0, 0.1) is 10.1 Å². The summed E-state index contributed by atoms with van der Waals surface area (Å²) in [5, 5.41) is 12.1. The molecular formula is C33H30N2O3. The number of aromatic nitrogens is 1. The number of hydrogen-bond donors (Lipinski definition) is 0. The summed E-state index contributed by atoms with van der Waals surface area (Å²) >= 11 is 0. The van der Waals surface area contributed by atoms with Crippen LogP contribution in [0.5, 0.6) is 0 Å². The number of carbonyl (C=O) groups is 1. The van der Waals surface area contributed by atoms with Gasteiger partial charge in [0.1, 0.15) is 0 Å². The highest BCUT2D eigenvalue weighted by atomic mass is 16.6. The predicted octanol–water partition coefficient (Wildman–Crippen LogP) is 8.05. The first-order valence-electron chi connectivity index (χ1n) is 13.1. The molecule has 0 aliphatic rings. The summed E-state index contributed by atoms with van der Waals surface area (Å²) in [6.07, 6.45) is 4.20. The van der Waals surface area contributed by atoms with Gasteiger partial charge in [-0.15, -0.1) is 0 Å². The molecule has 1 unspecified atom stereocenters. The third-order valence-corrected chi connectivity index (χ3v) is 7.05. The molecule has 0 radical (unpaired) electrons. The average Bonchev–Trinajstić information content (AvgIpc) is 3.30. The maximum Gasteiger partial charge on any atom is 0.214 e. The molecule has 3 aromatic carbocycles. The van der Waals surface area contributed by atoms with Gasteiger partial charge in [-0.1, -0.05) is 104 Å². The summed E-state index contributed by atoms with van der Waals surface area (Å²) in [7, 11) is 0. The fourth-order valence-electron chi connectivity index (χ4n) is 5.26. The van der Waals surface area contributed by atoms with Crippen LogP contribution in [0.25, 0.3) is 27.9 Å². The van der Waals surface area contributed by atoms with Crippen LogP contribution < -0.4 is 0 Å². The fourth-order valence-corrected chi connectivity index (χ4v) is 5.26. The predicted molar refractivity (Wildman–Crippen MR) is 152 cm³/mol. The van der Waals surface area contributed by atoms with Gasteiger partial charge < -0.3 is 4.40 Å². The molecule has 5 heteroatoms. The smallest absolute Gasteiger partial charge is 0.214 e. The molecule has 2 heterocycles. The van der Waals surface area contributed by atoms with Gasteiger partial charge in [0.15, 0.2) is 5.78 Å². The Morgan fingerprint density at radius 3 is 2.08 bits per heavy atom. The van der Waals surface area contributed by atoms with E-state index < -0.39 is 5.92 Å². The topological polar surface area (TPSA) is 64.6 Å². The Morgan fingerprint density at radius 1 is 0.868 bits per heavy atom. The molecule has 0 amide bonds. The number of nitrogens with zero attached hydrogens (tertiary/aromatic N) is 2. The first-order valence-corrected chi connectivity index (χ1v) is 13.1. The van der Waals surface area contributed by atoms with Crippen LogP contribution in [0.1, 0.15) is 53.6 Å². The lowest BCUT2D eigenvalue weighted by Crippen LogP contribution is -2.14. The Morgan fingerprint density at radius 2 is 1.47 bits per heavy atom. The van der Waals surface area contributed by atoms with Crippen LogP contribution in [0.2, 0.25) is 0 Å². The van der Waals surface area contributed by atoms with Gasteiger partial charge in [-0.05, 0) is 35.2 Å². The lowest BCUT2D eigenvalue weighted by atomic mass is 9.85. The number of pyridine rings is 1. The summed E-state index contributed by atoms with van der Waals surface area (Å²) in [4.78, 5) is 24.9. The van der Waals surface area contributed by atoms with E-state index in [2.05, 4.69) is 23.5 Å². The Labute approximate surface area is 222 Å². The van der Waals surface area contributed by atoms with Crippen molar-refractivity contribution < 1.29 is 9.72 Å². The van der Waals surface area contributed by atoms with E-state index in [0.717, 1.165) is 51.9 Å². The molecule has 38 heavy (non-hydrogen) atoms. The summed E-state index contributed by atoms with van der Waals surface area (Å²) < 4.78 is 2.10. The molecule has 190 valence electrons. The van der Waals surface area contributed by atoms with Crippen LogP contribution in [0.4, 0.5) is 0 Å². The largest absolute Gasteiger partial charge is 0.316 e. The summed E-state index contributed by atoms with van der Waals surface area (Å²) in [5.41, 5.74) is 7.08. The van der Waals surface area contributed by atoms with Gasteiger partial charge in [0, 0.05) is 34.2 Å². The number of unbranched alkanes of at least 4 members (excludes halogenated alkanes) is 1. The van der Waals surface area contributed by atoms with Gasteiger partial charge in [0.25, 0.3) is 0 Å². The molecule has 0 aliphatic heterocycles. The molecule has 2 aromatic heterocycles. The molecule has 0 N–H and O–H groups in total. The van der Waals surface area contributed by atoms with Crippen molar-refractivity contribution in [3.05, 3.63) is 136 Å². The lowest BCUT2D eigenvalue weighted by Gasteiger charge is -2.17. The number of carbonyl (C=O) groups excluding carboxylic acids is 1. The first-order chi connectivity index (χ1) is 18.6. The lowest BCUT2D eigenvalue weighted by molar-refractivity contribution is -0.481. The number of hydrogen-bond acceptors (Lipinski definition) is 3. The van der Waals surface area contributed by atoms with Crippen molar-refractivity contribution in [3.63, 3.8) is 0 Å². The second kappa shape index (κ2) is 11.3. The Bertz CT molecular complexity index is 1560. The van der Waals surface area contributed by atoms with E-state index in [0.29, 0.717) is 12.0 Å². The van der Waals surface area contributed by atoms with Crippen molar-refractivity contribution in [2.24, 2.45) is 0 Å². The van der Waals surface area contributed by atoms with Crippen molar-refractivity contribution in [1.82, 2.24) is 4.40 Å². The third-order valence-electron chi connectivity index (χ3n) is 7.05. The highest BCUT2D eigenvalue weighted by molar-refractivity contribution is 5.99. The Kier molecular flexibility index (Phi) is 7.45. The standard InChI is InChI=1S/C33H30N2O3/c1-2-3-19-30(36)27-20-21-34-29(22-27)32(28(23-35(37)38)24-13-7-4-8-14-24)31(25-15-9-5-10-16-25)33(34)26-17-11-6-12-18-26/h4-18,20-22,28H,2-3,19,23H2,1H3. The molecular weight excluding hydrogens is 472 g/mol. The Balaban J connectivity index is 1.89. The molecule has 5 nitrogen and oxygen atoms in total. The van der Waals surface area contributed by atoms with Crippen LogP contribution >= 0.6 is 0 Å². The van der Waals surface area contributed by atoms with Gasteiger partial charge in [-0.25, -0.2) is 0 Å². The first kappa shape index (κ1) is 25.2. The zero-order valence-corrected chi connectivity index (χ0v) is 21.4. The minimum absolute atomic E-state index is 0.0922. The van der Waals surface area contributed by atoms with E-state index >= 15 is 0 Å².